The molecule has 0 aliphatic rings. The van der Waals surface area contributed by atoms with Crippen LogP contribution in [-0.4, -0.2) is 4.57 Å². The summed E-state index contributed by atoms with van der Waals surface area (Å²) in [4.78, 5) is 24.3. The third-order valence-corrected chi connectivity index (χ3v) is 3.03. The fourth-order valence-corrected chi connectivity index (χ4v) is 2.06. The molecule has 100 valence electrons. The molecule has 5 heteroatoms. The van der Waals surface area contributed by atoms with E-state index in [1.165, 1.54) is 24.3 Å². The summed E-state index contributed by atoms with van der Waals surface area (Å²) in [6, 6.07) is 10.1. The Hall–Kier alpha value is -2.69. The highest BCUT2D eigenvalue weighted by Gasteiger charge is 2.11. The minimum absolute atomic E-state index is 0.240. The van der Waals surface area contributed by atoms with Gasteiger partial charge in [0.05, 0.1) is 11.1 Å². The number of aryl methyl sites for hydroxylation is 1. The van der Waals surface area contributed by atoms with Crippen molar-refractivity contribution < 1.29 is 8.81 Å². The van der Waals surface area contributed by atoms with Crippen molar-refractivity contribution in [3.05, 3.63) is 74.7 Å². The van der Waals surface area contributed by atoms with Crippen LogP contribution < -0.4 is 11.3 Å². The minimum atomic E-state index is -0.794. The van der Waals surface area contributed by atoms with E-state index >= 15 is 0 Å². The standard InChI is InChI=1S/C15H10FNO3/c1-9-2-7-13-12(8-9)14(18)17(15(19)20-13)11-5-3-10(16)4-6-11/h2-8H,1H3. The van der Waals surface area contributed by atoms with Gasteiger partial charge in [0.25, 0.3) is 5.56 Å². The van der Waals surface area contributed by atoms with Gasteiger partial charge in [-0.05, 0) is 43.3 Å². The summed E-state index contributed by atoms with van der Waals surface area (Å²) < 4.78 is 18.9. The smallest absolute Gasteiger partial charge is 0.409 e. The molecule has 4 nitrogen and oxygen atoms in total. The first-order valence-electron chi connectivity index (χ1n) is 5.99. The highest BCUT2D eigenvalue weighted by atomic mass is 19.1. The van der Waals surface area contributed by atoms with Crippen molar-refractivity contribution in [1.82, 2.24) is 4.57 Å². The Balaban J connectivity index is 2.39. The Morgan fingerprint density at radius 3 is 2.45 bits per heavy atom. The van der Waals surface area contributed by atoms with Gasteiger partial charge in [-0.3, -0.25) is 4.79 Å². The summed E-state index contributed by atoms with van der Waals surface area (Å²) >= 11 is 0. The van der Waals surface area contributed by atoms with E-state index in [0.717, 1.165) is 10.1 Å². The quantitative estimate of drug-likeness (QED) is 0.683. The molecule has 0 N–H and O–H groups in total. The average molecular weight is 271 g/mol. The Bertz CT molecular complexity index is 907. The topological polar surface area (TPSA) is 52.2 Å². The molecule has 0 fully saturated rings. The summed E-state index contributed by atoms with van der Waals surface area (Å²) in [5.74, 6) is -1.24. The van der Waals surface area contributed by atoms with Gasteiger partial charge in [-0.15, -0.1) is 0 Å². The minimum Gasteiger partial charge on any atom is -0.409 e. The van der Waals surface area contributed by atoms with Crippen LogP contribution in [0, 0.1) is 12.7 Å². The number of nitrogens with zero attached hydrogens (tertiary/aromatic N) is 1. The Morgan fingerprint density at radius 1 is 1.05 bits per heavy atom. The summed E-state index contributed by atoms with van der Waals surface area (Å²) in [5.41, 5.74) is 0.915. The predicted octanol–water partition coefficient (Wildman–Crippen LogP) is 2.39. The summed E-state index contributed by atoms with van der Waals surface area (Å²) in [5, 5.41) is 0.314. The van der Waals surface area contributed by atoms with E-state index in [9.17, 15) is 14.0 Å². The largest absolute Gasteiger partial charge is 0.426 e. The van der Waals surface area contributed by atoms with Crippen LogP contribution in [0.25, 0.3) is 16.7 Å². The lowest BCUT2D eigenvalue weighted by atomic mass is 10.2. The van der Waals surface area contributed by atoms with Crippen molar-refractivity contribution in [3.8, 4) is 5.69 Å². The molecule has 0 unspecified atom stereocenters. The molecular formula is C15H10FNO3. The Kier molecular flexibility index (Phi) is 2.75. The number of fused-ring (bicyclic) bond motifs is 1. The molecule has 1 aromatic heterocycles. The van der Waals surface area contributed by atoms with Gasteiger partial charge in [0, 0.05) is 0 Å². The first kappa shape index (κ1) is 12.3. The van der Waals surface area contributed by atoms with Crippen LogP contribution in [0.2, 0.25) is 0 Å². The average Bonchev–Trinajstić information content (AvgIpc) is 2.42. The Morgan fingerprint density at radius 2 is 1.75 bits per heavy atom. The van der Waals surface area contributed by atoms with E-state index in [0.29, 0.717) is 5.39 Å². The molecule has 3 aromatic rings. The third-order valence-electron chi connectivity index (χ3n) is 3.03. The molecule has 0 bridgehead atoms. The van der Waals surface area contributed by atoms with Gasteiger partial charge in [-0.25, -0.2) is 13.8 Å². The zero-order valence-electron chi connectivity index (χ0n) is 10.6. The second kappa shape index (κ2) is 4.45. The van der Waals surface area contributed by atoms with Crippen molar-refractivity contribution >= 4 is 11.0 Å². The summed E-state index contributed by atoms with van der Waals surface area (Å²) in [6.07, 6.45) is 0. The van der Waals surface area contributed by atoms with E-state index in [-0.39, 0.29) is 11.3 Å². The maximum atomic E-state index is 12.9. The molecule has 0 aliphatic carbocycles. The van der Waals surface area contributed by atoms with Crippen LogP contribution in [0.4, 0.5) is 4.39 Å². The van der Waals surface area contributed by atoms with E-state index in [2.05, 4.69) is 0 Å². The van der Waals surface area contributed by atoms with Gasteiger partial charge < -0.3 is 4.42 Å². The number of hydrogen-bond donors (Lipinski definition) is 0. The molecule has 0 spiro atoms. The van der Waals surface area contributed by atoms with Gasteiger partial charge in [-0.1, -0.05) is 11.6 Å². The molecule has 0 atom stereocenters. The number of halogens is 1. The molecule has 0 aliphatic heterocycles. The second-order valence-corrected chi connectivity index (χ2v) is 4.48. The van der Waals surface area contributed by atoms with Crippen LogP contribution in [0.3, 0.4) is 0 Å². The molecule has 0 amide bonds. The molecule has 20 heavy (non-hydrogen) atoms. The van der Waals surface area contributed by atoms with Gasteiger partial charge in [0.2, 0.25) is 0 Å². The van der Waals surface area contributed by atoms with E-state index in [4.69, 9.17) is 4.42 Å². The monoisotopic (exact) mass is 271 g/mol. The normalized spacial score (nSPS) is 10.9. The second-order valence-electron chi connectivity index (χ2n) is 4.48. The lowest BCUT2D eigenvalue weighted by Crippen LogP contribution is -2.30. The first-order chi connectivity index (χ1) is 9.56. The number of benzene rings is 2. The lowest BCUT2D eigenvalue weighted by Gasteiger charge is -2.05. The molecule has 0 saturated heterocycles. The van der Waals surface area contributed by atoms with Gasteiger partial charge in [0.15, 0.2) is 0 Å². The van der Waals surface area contributed by atoms with Crippen LogP contribution in [-0.2, 0) is 0 Å². The molecule has 0 radical (unpaired) electrons. The molecule has 0 saturated carbocycles. The highest BCUT2D eigenvalue weighted by Crippen LogP contribution is 2.12. The van der Waals surface area contributed by atoms with Gasteiger partial charge in [-0.2, -0.15) is 0 Å². The van der Waals surface area contributed by atoms with Crippen molar-refractivity contribution in [2.75, 3.05) is 0 Å². The predicted molar refractivity (Wildman–Crippen MR) is 72.8 cm³/mol. The third kappa shape index (κ3) is 1.93. The molecule has 2 aromatic carbocycles. The van der Waals surface area contributed by atoms with E-state index in [1.807, 2.05) is 6.92 Å². The van der Waals surface area contributed by atoms with Crippen molar-refractivity contribution in [3.63, 3.8) is 0 Å². The summed E-state index contributed by atoms with van der Waals surface area (Å²) in [7, 11) is 0. The first-order valence-corrected chi connectivity index (χ1v) is 5.99. The number of hydrogen-bond acceptors (Lipinski definition) is 3. The van der Waals surface area contributed by atoms with Crippen LogP contribution in [0.5, 0.6) is 0 Å². The fourth-order valence-electron chi connectivity index (χ4n) is 2.06. The maximum absolute atomic E-state index is 12.9. The molecular weight excluding hydrogens is 261 g/mol. The molecule has 1 heterocycles. The van der Waals surface area contributed by atoms with Crippen molar-refractivity contribution in [2.45, 2.75) is 6.92 Å². The van der Waals surface area contributed by atoms with Gasteiger partial charge in [0.1, 0.15) is 11.4 Å². The van der Waals surface area contributed by atoms with Crippen molar-refractivity contribution in [1.29, 1.82) is 0 Å². The Labute approximate surface area is 112 Å². The molecule has 3 rings (SSSR count). The lowest BCUT2D eigenvalue weighted by molar-refractivity contribution is 0.503. The van der Waals surface area contributed by atoms with Crippen molar-refractivity contribution in [2.24, 2.45) is 0 Å². The number of aromatic nitrogens is 1. The van der Waals surface area contributed by atoms with Crippen LogP contribution in [0.15, 0.2) is 56.5 Å². The zero-order chi connectivity index (χ0) is 14.3. The van der Waals surface area contributed by atoms with Crippen LogP contribution >= 0.6 is 0 Å². The van der Waals surface area contributed by atoms with E-state index in [1.54, 1.807) is 18.2 Å². The summed E-state index contributed by atoms with van der Waals surface area (Å²) in [6.45, 7) is 1.84. The maximum Gasteiger partial charge on any atom is 0.426 e. The van der Waals surface area contributed by atoms with Gasteiger partial charge >= 0.3 is 5.76 Å². The number of rotatable bonds is 1. The van der Waals surface area contributed by atoms with Crippen LogP contribution in [0.1, 0.15) is 5.56 Å². The zero-order valence-corrected chi connectivity index (χ0v) is 10.6. The van der Waals surface area contributed by atoms with E-state index < -0.39 is 17.1 Å². The highest BCUT2D eigenvalue weighted by molar-refractivity contribution is 5.76. The fraction of sp³-hybridized carbons (Fsp3) is 0.0667. The SMILES string of the molecule is Cc1ccc2oc(=O)n(-c3ccc(F)cc3)c(=O)c2c1.